The zero-order valence-electron chi connectivity index (χ0n) is 43.8. The van der Waals surface area contributed by atoms with Gasteiger partial charge in [-0.2, -0.15) is 0 Å². The lowest BCUT2D eigenvalue weighted by molar-refractivity contribution is -0.271. The standard InChI is InChI=1S/C56H64N4O20/c1-53-16-13-32(62)20-31(53)8-9-33-34-21-39-56(38(64)24-61,54(34,2)23-36(63)44(33)53)80-50(78-39)30-6-3-28(4-7-30)22-55(26-75-27-55)59-52(74)76-25-29-5-10-37(77-51-47(71)45(69)46(70)48(79-51)49(72)73)35(19-29)58-41(66)14-17-57-40(65)15-18-60-42(67)11-12-43(60)68/h3-7,10-13,16,19-20,33-34,36,39,44-48,50-51,61,63,69-71H,8-9,14-15,17-18,21-27H2,1-2H3,(H,57,65)(H,58,66)(H,59,74)(H,72,73)/t33-,34-,36-,39+,44+,45-,46-,47+,48-,50-,51+,53-,54-,56+/m0/s1. The molecule has 428 valence electrons. The first-order valence-electron chi connectivity index (χ1n) is 26.6. The van der Waals surface area contributed by atoms with E-state index >= 15 is 0 Å². The first kappa shape index (κ1) is 56.5. The molecule has 0 spiro atoms. The number of rotatable bonds is 18. The number of amides is 5. The molecule has 80 heavy (non-hydrogen) atoms. The van der Waals surface area contributed by atoms with Crippen molar-refractivity contribution in [2.45, 2.75) is 126 Å². The van der Waals surface area contributed by atoms with Crippen molar-refractivity contribution in [2.24, 2.45) is 28.6 Å². The molecule has 0 radical (unpaired) electrons. The second-order valence-corrected chi connectivity index (χ2v) is 22.5. The summed E-state index contributed by atoms with van der Waals surface area (Å²) in [6, 6.07) is 11.4. The highest BCUT2D eigenvalue weighted by Gasteiger charge is 2.76. The van der Waals surface area contributed by atoms with E-state index in [0.717, 1.165) is 34.6 Å². The number of aliphatic hydroxyl groups excluding tert-OH is 5. The summed E-state index contributed by atoms with van der Waals surface area (Å²) in [5, 5.41) is 71.2. The number of ether oxygens (including phenoxy) is 6. The molecule has 4 aliphatic carbocycles. The van der Waals surface area contributed by atoms with Crippen molar-refractivity contribution in [3.8, 4) is 5.75 Å². The van der Waals surface area contributed by atoms with Crippen LogP contribution in [0.5, 0.6) is 5.75 Å². The van der Waals surface area contributed by atoms with Crippen LogP contribution in [-0.4, -0.2) is 170 Å². The summed E-state index contributed by atoms with van der Waals surface area (Å²) in [6.45, 7) is 2.86. The Labute approximate surface area is 458 Å². The Kier molecular flexibility index (Phi) is 15.5. The number of carboxylic acids is 1. The minimum absolute atomic E-state index is 0.00359. The number of hydrogen-bond acceptors (Lipinski definition) is 19. The predicted molar refractivity (Wildman–Crippen MR) is 272 cm³/mol. The highest BCUT2D eigenvalue weighted by atomic mass is 16.7. The average Bonchev–Trinajstić information content (AvgIpc) is 4.14. The molecule has 3 saturated heterocycles. The quantitative estimate of drug-likeness (QED) is 0.0921. The smallest absolute Gasteiger partial charge is 0.408 e. The Morgan fingerprint density at radius 1 is 0.863 bits per heavy atom. The Morgan fingerprint density at radius 2 is 1.59 bits per heavy atom. The van der Waals surface area contributed by atoms with Crippen molar-refractivity contribution >= 4 is 52.9 Å². The van der Waals surface area contributed by atoms with Crippen molar-refractivity contribution in [1.82, 2.24) is 15.5 Å². The van der Waals surface area contributed by atoms with Gasteiger partial charge in [-0.1, -0.05) is 55.8 Å². The first-order chi connectivity index (χ1) is 38.1. The van der Waals surface area contributed by atoms with Crippen LogP contribution in [0, 0.1) is 28.6 Å². The number of nitrogens with zero attached hydrogens (tertiary/aromatic N) is 1. The maximum absolute atomic E-state index is 14.1. The van der Waals surface area contributed by atoms with Crippen LogP contribution in [-0.2, 0) is 70.3 Å². The number of Topliss-reactive ketones (excluding diaryl/α,β-unsaturated/α-hetero) is 1. The van der Waals surface area contributed by atoms with Gasteiger partial charge in [0.05, 0.1) is 36.6 Å². The van der Waals surface area contributed by atoms with Gasteiger partial charge in [0.25, 0.3) is 11.8 Å². The number of nitrogens with one attached hydrogen (secondary N) is 3. The minimum Gasteiger partial charge on any atom is -0.479 e. The van der Waals surface area contributed by atoms with Gasteiger partial charge in [-0.15, -0.1) is 0 Å². The summed E-state index contributed by atoms with van der Waals surface area (Å²) >= 11 is 0. The Morgan fingerprint density at radius 3 is 2.27 bits per heavy atom. The second kappa shape index (κ2) is 22.0. The molecular formula is C56H64N4O20. The zero-order valence-corrected chi connectivity index (χ0v) is 43.8. The van der Waals surface area contributed by atoms with E-state index in [0.29, 0.717) is 30.4 Å². The topological polar surface area (TPSA) is 353 Å². The number of imide groups is 1. The normalized spacial score (nSPS) is 34.5. The second-order valence-electron chi connectivity index (χ2n) is 22.5. The maximum atomic E-state index is 14.1. The largest absolute Gasteiger partial charge is 0.479 e. The number of aliphatic hydroxyl groups is 5. The molecule has 10 rings (SSSR count). The van der Waals surface area contributed by atoms with Gasteiger partial charge in [0.15, 0.2) is 29.6 Å². The van der Waals surface area contributed by atoms with Gasteiger partial charge >= 0.3 is 12.1 Å². The van der Waals surface area contributed by atoms with Gasteiger partial charge in [-0.05, 0) is 72.9 Å². The molecule has 14 atom stereocenters. The molecule has 0 unspecified atom stereocenters. The number of carbonyl (C=O) groups excluding carboxylic acids is 7. The lowest BCUT2D eigenvalue weighted by Gasteiger charge is -2.59. The number of benzene rings is 2. The van der Waals surface area contributed by atoms with Crippen LogP contribution in [0.1, 0.15) is 75.4 Å². The first-order valence-corrected chi connectivity index (χ1v) is 26.6. The highest BCUT2D eigenvalue weighted by molar-refractivity contribution is 6.13. The van der Waals surface area contributed by atoms with Gasteiger partial charge in [-0.3, -0.25) is 33.7 Å². The van der Waals surface area contributed by atoms with E-state index in [1.807, 2.05) is 37.3 Å². The predicted octanol–water partition coefficient (Wildman–Crippen LogP) is 0.558. The molecule has 2 aromatic carbocycles. The number of alkyl carbamates (subject to hydrolysis) is 1. The van der Waals surface area contributed by atoms with Gasteiger partial charge in [0.1, 0.15) is 37.3 Å². The number of hydrogen-bond donors (Lipinski definition) is 9. The van der Waals surface area contributed by atoms with Crippen LogP contribution in [0.25, 0.3) is 0 Å². The summed E-state index contributed by atoms with van der Waals surface area (Å²) in [5.41, 5.74) is -1.15. The number of ketones is 2. The van der Waals surface area contributed by atoms with Crippen LogP contribution >= 0.6 is 0 Å². The van der Waals surface area contributed by atoms with Crippen molar-refractivity contribution < 1.29 is 97.4 Å². The molecule has 4 aliphatic heterocycles. The molecular weight excluding hydrogens is 1050 g/mol. The number of allylic oxidation sites excluding steroid dienone is 4. The Hall–Kier alpha value is -6.74. The van der Waals surface area contributed by atoms with Gasteiger partial charge in [-0.25, -0.2) is 9.59 Å². The van der Waals surface area contributed by atoms with E-state index in [9.17, 15) is 69.0 Å². The monoisotopic (exact) mass is 1110 g/mol. The van der Waals surface area contributed by atoms with Crippen LogP contribution in [0.4, 0.5) is 10.5 Å². The van der Waals surface area contributed by atoms with E-state index in [1.54, 1.807) is 12.2 Å². The molecule has 3 saturated carbocycles. The Bertz CT molecular complexity index is 2920. The Balaban J connectivity index is 0.769. The van der Waals surface area contributed by atoms with E-state index in [4.69, 9.17) is 28.4 Å². The van der Waals surface area contributed by atoms with E-state index in [1.165, 1.54) is 18.2 Å². The fraction of sp³-hybridized carbons (Fsp3) is 0.536. The molecule has 4 heterocycles. The number of anilines is 1. The van der Waals surface area contributed by atoms with E-state index in [-0.39, 0.29) is 87.1 Å². The zero-order chi connectivity index (χ0) is 57.1. The molecule has 8 aliphatic rings. The molecule has 2 aromatic rings. The number of fused-ring (bicyclic) bond motifs is 7. The SMILES string of the molecule is C[C@]12C=CC(=O)C=C1CC[C@@H]1[C@@H]2[C@@H](O)C[C@@]2(C)[C@H]1C[C@H]1O[C@H](c3ccc(CC4(NC(=O)OCc5ccc(O[C@@H]6O[C@H](C(=O)O)[C@@H](O)[C@H](O)[C@H]6O)c(NC(=O)CCNC(=O)CCN6C(=O)C=CC6=O)c5)COC4)cc3)O[C@]12C(=O)CO. The lowest BCUT2D eigenvalue weighted by Crippen LogP contribution is -2.63. The van der Waals surface area contributed by atoms with Crippen LogP contribution in [0.3, 0.4) is 0 Å². The molecule has 0 bridgehead atoms. The highest BCUT2D eigenvalue weighted by Crippen LogP contribution is 2.70. The summed E-state index contributed by atoms with van der Waals surface area (Å²) in [6.07, 6.45) is -3.80. The maximum Gasteiger partial charge on any atom is 0.408 e. The molecule has 5 amide bonds. The molecule has 0 aromatic heterocycles. The fourth-order valence-corrected chi connectivity index (χ4v) is 13.6. The third-order valence-corrected chi connectivity index (χ3v) is 17.6. The fourth-order valence-electron chi connectivity index (χ4n) is 13.6. The number of carbonyl (C=O) groups is 8. The third kappa shape index (κ3) is 10.2. The van der Waals surface area contributed by atoms with Crippen LogP contribution in [0.2, 0.25) is 0 Å². The molecule has 24 nitrogen and oxygen atoms in total. The molecule has 9 N–H and O–H groups in total. The number of carboxylic acid groups (broad SMARTS) is 1. The van der Waals surface area contributed by atoms with Gasteiger partial charge in [0, 0.05) is 66.8 Å². The van der Waals surface area contributed by atoms with Crippen LogP contribution in [0.15, 0.2) is 78.4 Å². The summed E-state index contributed by atoms with van der Waals surface area (Å²) in [7, 11) is 0. The van der Waals surface area contributed by atoms with E-state index < -0.39 is 119 Å². The van der Waals surface area contributed by atoms with Crippen molar-refractivity contribution in [3.05, 3.63) is 95.1 Å². The molecule has 6 fully saturated rings. The van der Waals surface area contributed by atoms with Crippen molar-refractivity contribution in [2.75, 3.05) is 38.2 Å². The van der Waals surface area contributed by atoms with E-state index in [2.05, 4.69) is 22.9 Å². The third-order valence-electron chi connectivity index (χ3n) is 17.6. The summed E-state index contributed by atoms with van der Waals surface area (Å²) < 4.78 is 35.6. The van der Waals surface area contributed by atoms with Crippen molar-refractivity contribution in [1.29, 1.82) is 0 Å². The number of aliphatic carboxylic acids is 1. The van der Waals surface area contributed by atoms with Gasteiger partial charge in [0.2, 0.25) is 18.1 Å². The summed E-state index contributed by atoms with van der Waals surface area (Å²) in [4.78, 5) is 102. The average molecular weight is 1110 g/mol. The van der Waals surface area contributed by atoms with Crippen LogP contribution < -0.4 is 20.7 Å². The molecule has 24 heteroatoms. The minimum atomic E-state index is -2.01. The van der Waals surface area contributed by atoms with Gasteiger partial charge < -0.3 is 75.0 Å². The summed E-state index contributed by atoms with van der Waals surface area (Å²) in [5.74, 6) is -4.99. The lowest BCUT2D eigenvalue weighted by atomic mass is 9.46. The van der Waals surface area contributed by atoms with Crippen molar-refractivity contribution in [3.63, 3.8) is 0 Å².